The van der Waals surface area contributed by atoms with Crippen molar-refractivity contribution < 1.29 is 4.52 Å². The van der Waals surface area contributed by atoms with Gasteiger partial charge >= 0.3 is 0 Å². The van der Waals surface area contributed by atoms with E-state index in [2.05, 4.69) is 22.0 Å². The van der Waals surface area contributed by atoms with Crippen LogP contribution in [0.1, 0.15) is 37.9 Å². The van der Waals surface area contributed by atoms with Crippen LogP contribution in [-0.2, 0) is 13.0 Å². The highest BCUT2D eigenvalue weighted by Gasteiger charge is 2.17. The minimum atomic E-state index is 0.372. The summed E-state index contributed by atoms with van der Waals surface area (Å²) in [5.74, 6) is 1.56. The molecule has 16 heavy (non-hydrogen) atoms. The highest BCUT2D eigenvalue weighted by molar-refractivity contribution is 4.87. The molecular weight excluding hydrogens is 204 g/mol. The molecule has 0 unspecified atom stereocenters. The van der Waals surface area contributed by atoms with Crippen LogP contribution in [0.2, 0.25) is 0 Å². The van der Waals surface area contributed by atoms with Crippen LogP contribution in [0.5, 0.6) is 0 Å². The fourth-order valence-electron chi connectivity index (χ4n) is 1.98. The first kappa shape index (κ1) is 11.5. The van der Waals surface area contributed by atoms with Gasteiger partial charge < -0.3 is 10.3 Å². The monoisotopic (exact) mass is 224 g/mol. The van der Waals surface area contributed by atoms with Gasteiger partial charge in [0.15, 0.2) is 5.82 Å². The first-order valence-electron chi connectivity index (χ1n) is 6.07. The van der Waals surface area contributed by atoms with Gasteiger partial charge in [0.2, 0.25) is 5.89 Å². The van der Waals surface area contributed by atoms with E-state index in [-0.39, 0.29) is 0 Å². The number of hydrogen-bond donors (Lipinski definition) is 1. The van der Waals surface area contributed by atoms with Crippen LogP contribution in [0.15, 0.2) is 4.52 Å². The summed E-state index contributed by atoms with van der Waals surface area (Å²) in [5.41, 5.74) is 5.86. The molecular formula is C11H20N4O. The smallest absolute Gasteiger partial charge is 0.226 e. The molecule has 0 aromatic carbocycles. The van der Waals surface area contributed by atoms with Crippen molar-refractivity contribution in [2.24, 2.45) is 5.73 Å². The van der Waals surface area contributed by atoms with Crippen molar-refractivity contribution in [2.45, 2.75) is 45.2 Å². The van der Waals surface area contributed by atoms with Crippen molar-refractivity contribution in [1.82, 2.24) is 15.0 Å². The molecule has 2 heterocycles. The standard InChI is InChI=1S/C11H20N4O/c1-2-3-11-13-10(14-16-11)8-15-6-4-9(12)5-7-15/h9H,2-8,12H2,1H3. The van der Waals surface area contributed by atoms with E-state index in [0.29, 0.717) is 6.04 Å². The van der Waals surface area contributed by atoms with Gasteiger partial charge in [-0.1, -0.05) is 12.1 Å². The molecule has 0 atom stereocenters. The zero-order valence-corrected chi connectivity index (χ0v) is 9.85. The third-order valence-electron chi connectivity index (χ3n) is 2.97. The Labute approximate surface area is 96.0 Å². The lowest BCUT2D eigenvalue weighted by Crippen LogP contribution is -2.39. The van der Waals surface area contributed by atoms with E-state index in [1.165, 1.54) is 0 Å². The Kier molecular flexibility index (Phi) is 3.90. The number of nitrogens with two attached hydrogens (primary N) is 1. The quantitative estimate of drug-likeness (QED) is 0.824. The van der Waals surface area contributed by atoms with Crippen LogP contribution >= 0.6 is 0 Å². The summed E-state index contributed by atoms with van der Waals surface area (Å²) in [4.78, 5) is 6.70. The molecule has 0 saturated carbocycles. The summed E-state index contributed by atoms with van der Waals surface area (Å²) in [6, 6.07) is 0.372. The molecule has 0 radical (unpaired) electrons. The van der Waals surface area contributed by atoms with E-state index in [0.717, 1.165) is 57.0 Å². The molecule has 0 spiro atoms. The van der Waals surface area contributed by atoms with E-state index in [1.807, 2.05) is 0 Å². The average molecular weight is 224 g/mol. The minimum absolute atomic E-state index is 0.372. The Morgan fingerprint density at radius 1 is 1.44 bits per heavy atom. The maximum atomic E-state index is 5.86. The van der Waals surface area contributed by atoms with Crippen LogP contribution < -0.4 is 5.73 Å². The topological polar surface area (TPSA) is 68.2 Å². The molecule has 1 aromatic heterocycles. The lowest BCUT2D eigenvalue weighted by Gasteiger charge is -2.28. The Morgan fingerprint density at radius 2 is 2.19 bits per heavy atom. The van der Waals surface area contributed by atoms with Gasteiger partial charge in [-0.2, -0.15) is 4.98 Å². The second kappa shape index (κ2) is 5.41. The minimum Gasteiger partial charge on any atom is -0.339 e. The zero-order chi connectivity index (χ0) is 11.4. The van der Waals surface area contributed by atoms with E-state index in [1.54, 1.807) is 0 Å². The molecule has 5 nitrogen and oxygen atoms in total. The number of aromatic nitrogens is 2. The highest BCUT2D eigenvalue weighted by atomic mass is 16.5. The molecule has 2 rings (SSSR count). The molecule has 2 N–H and O–H groups in total. The van der Waals surface area contributed by atoms with Gasteiger partial charge in [-0.3, -0.25) is 4.90 Å². The second-order valence-corrected chi connectivity index (χ2v) is 4.47. The lowest BCUT2D eigenvalue weighted by molar-refractivity contribution is 0.199. The van der Waals surface area contributed by atoms with Crippen LogP contribution in [0, 0.1) is 0 Å². The van der Waals surface area contributed by atoms with E-state index in [9.17, 15) is 0 Å². The van der Waals surface area contributed by atoms with Crippen molar-refractivity contribution >= 4 is 0 Å². The van der Waals surface area contributed by atoms with E-state index in [4.69, 9.17) is 10.3 Å². The lowest BCUT2D eigenvalue weighted by atomic mass is 10.1. The summed E-state index contributed by atoms with van der Waals surface area (Å²) >= 11 is 0. The SMILES string of the molecule is CCCc1nc(CN2CCC(N)CC2)no1. The van der Waals surface area contributed by atoms with Crippen molar-refractivity contribution in [1.29, 1.82) is 0 Å². The summed E-state index contributed by atoms with van der Waals surface area (Å²) < 4.78 is 5.16. The van der Waals surface area contributed by atoms with Gasteiger partial charge in [0.1, 0.15) is 0 Å². The number of hydrogen-bond acceptors (Lipinski definition) is 5. The maximum absolute atomic E-state index is 5.86. The van der Waals surface area contributed by atoms with Gasteiger partial charge in [-0.15, -0.1) is 0 Å². The molecule has 0 amide bonds. The Bertz CT molecular complexity index is 318. The first-order valence-corrected chi connectivity index (χ1v) is 6.07. The highest BCUT2D eigenvalue weighted by Crippen LogP contribution is 2.11. The second-order valence-electron chi connectivity index (χ2n) is 4.47. The molecule has 5 heteroatoms. The predicted molar refractivity (Wildman–Crippen MR) is 60.8 cm³/mol. The fraction of sp³-hybridized carbons (Fsp3) is 0.818. The molecule has 1 saturated heterocycles. The largest absolute Gasteiger partial charge is 0.339 e. The molecule has 1 aliphatic heterocycles. The van der Waals surface area contributed by atoms with Gasteiger partial charge in [0.05, 0.1) is 6.54 Å². The molecule has 1 fully saturated rings. The number of likely N-dealkylation sites (tertiary alicyclic amines) is 1. The summed E-state index contributed by atoms with van der Waals surface area (Å²) in [6.07, 6.45) is 4.05. The molecule has 90 valence electrons. The normalized spacial score (nSPS) is 19.1. The number of aryl methyl sites for hydroxylation is 1. The van der Waals surface area contributed by atoms with Crippen LogP contribution in [-0.4, -0.2) is 34.2 Å². The number of nitrogens with zero attached hydrogens (tertiary/aromatic N) is 3. The third-order valence-corrected chi connectivity index (χ3v) is 2.97. The summed E-state index contributed by atoms with van der Waals surface area (Å²) in [5, 5.41) is 3.99. The van der Waals surface area contributed by atoms with Gasteiger partial charge in [0, 0.05) is 25.6 Å². The van der Waals surface area contributed by atoms with Crippen molar-refractivity contribution in [3.8, 4) is 0 Å². The summed E-state index contributed by atoms with van der Waals surface area (Å²) in [6.45, 7) is 4.98. The molecule has 1 aromatic rings. The first-order chi connectivity index (χ1) is 7.78. The van der Waals surface area contributed by atoms with Crippen molar-refractivity contribution in [2.75, 3.05) is 13.1 Å². The molecule has 1 aliphatic rings. The number of rotatable bonds is 4. The average Bonchev–Trinajstić information content (AvgIpc) is 2.70. The van der Waals surface area contributed by atoms with Crippen LogP contribution in [0.4, 0.5) is 0 Å². The maximum Gasteiger partial charge on any atom is 0.226 e. The van der Waals surface area contributed by atoms with Crippen molar-refractivity contribution in [3.63, 3.8) is 0 Å². The Balaban J connectivity index is 1.83. The van der Waals surface area contributed by atoms with Crippen LogP contribution in [0.25, 0.3) is 0 Å². The van der Waals surface area contributed by atoms with Gasteiger partial charge in [-0.05, 0) is 19.3 Å². The summed E-state index contributed by atoms with van der Waals surface area (Å²) in [7, 11) is 0. The fourth-order valence-corrected chi connectivity index (χ4v) is 1.98. The number of piperidine rings is 1. The Hall–Kier alpha value is -0.940. The van der Waals surface area contributed by atoms with Gasteiger partial charge in [0.25, 0.3) is 0 Å². The van der Waals surface area contributed by atoms with E-state index >= 15 is 0 Å². The Morgan fingerprint density at radius 3 is 2.88 bits per heavy atom. The molecule has 0 bridgehead atoms. The molecule has 0 aliphatic carbocycles. The zero-order valence-electron chi connectivity index (χ0n) is 9.85. The third kappa shape index (κ3) is 3.02. The predicted octanol–water partition coefficient (Wildman–Crippen LogP) is 0.945. The van der Waals surface area contributed by atoms with Crippen LogP contribution in [0.3, 0.4) is 0 Å². The van der Waals surface area contributed by atoms with Gasteiger partial charge in [-0.25, -0.2) is 0 Å². The van der Waals surface area contributed by atoms with E-state index < -0.39 is 0 Å². The van der Waals surface area contributed by atoms with Crippen molar-refractivity contribution in [3.05, 3.63) is 11.7 Å².